The van der Waals surface area contributed by atoms with Gasteiger partial charge in [-0.05, 0) is 63.2 Å². The molecule has 0 spiro atoms. The molecule has 2 amide bonds. The molecule has 7 heteroatoms. The third kappa shape index (κ3) is 2.66. The van der Waals surface area contributed by atoms with E-state index >= 15 is 0 Å². The molecule has 4 saturated carbocycles. The standard InChI is InChI=1S/C19H26N4O2S/c1-2-23-10-14(6-15(23)24)16(25)20-18-22-21-17(26-18)19-7-11-3-12(8-19)5-13(4-11)9-19/h11-14H,2-10H2,1H3,(H,20,22,25). The first kappa shape index (κ1) is 16.7. The molecule has 0 radical (unpaired) electrons. The van der Waals surface area contributed by atoms with Gasteiger partial charge in [0.2, 0.25) is 16.9 Å². The molecule has 5 aliphatic rings. The number of hydrogen-bond donors (Lipinski definition) is 1. The second-order valence-corrected chi connectivity index (χ2v) is 9.91. The van der Waals surface area contributed by atoms with E-state index < -0.39 is 0 Å². The van der Waals surface area contributed by atoms with Crippen molar-refractivity contribution in [3.05, 3.63) is 5.01 Å². The summed E-state index contributed by atoms with van der Waals surface area (Å²) in [6, 6.07) is 0. The lowest BCUT2D eigenvalue weighted by atomic mass is 9.50. The number of rotatable bonds is 4. The van der Waals surface area contributed by atoms with E-state index in [1.807, 2.05) is 6.92 Å². The molecule has 6 nitrogen and oxygen atoms in total. The summed E-state index contributed by atoms with van der Waals surface area (Å²) in [4.78, 5) is 26.1. The van der Waals surface area contributed by atoms with Gasteiger partial charge in [-0.2, -0.15) is 0 Å². The maximum atomic E-state index is 12.5. The average molecular weight is 375 g/mol. The Labute approximate surface area is 157 Å². The van der Waals surface area contributed by atoms with E-state index in [2.05, 4.69) is 15.5 Å². The van der Waals surface area contributed by atoms with Gasteiger partial charge in [0.05, 0.1) is 5.92 Å². The quantitative estimate of drug-likeness (QED) is 0.879. The van der Waals surface area contributed by atoms with Gasteiger partial charge in [0.15, 0.2) is 0 Å². The molecule has 2 heterocycles. The van der Waals surface area contributed by atoms with Gasteiger partial charge in [-0.25, -0.2) is 0 Å². The summed E-state index contributed by atoms with van der Waals surface area (Å²) in [5.74, 6) is 2.31. The molecule has 1 aromatic rings. The van der Waals surface area contributed by atoms with E-state index in [0.29, 0.717) is 24.6 Å². The van der Waals surface area contributed by atoms with Crippen LogP contribution in [0.15, 0.2) is 0 Å². The molecule has 1 unspecified atom stereocenters. The lowest BCUT2D eigenvalue weighted by Gasteiger charge is -2.55. The highest BCUT2D eigenvalue weighted by molar-refractivity contribution is 7.15. The minimum atomic E-state index is -0.269. The molecule has 1 atom stereocenters. The number of nitrogens with zero attached hydrogens (tertiary/aromatic N) is 3. The minimum absolute atomic E-state index is 0.0687. The Kier molecular flexibility index (Phi) is 3.85. The number of anilines is 1. The fourth-order valence-electron chi connectivity index (χ4n) is 6.32. The van der Waals surface area contributed by atoms with Crippen LogP contribution in [0.4, 0.5) is 5.13 Å². The van der Waals surface area contributed by atoms with Crippen molar-refractivity contribution in [1.82, 2.24) is 15.1 Å². The number of aromatic nitrogens is 2. The summed E-state index contributed by atoms with van der Waals surface area (Å²) < 4.78 is 0. The van der Waals surface area contributed by atoms with Crippen LogP contribution < -0.4 is 5.32 Å². The highest BCUT2D eigenvalue weighted by Gasteiger charge is 2.53. The third-order valence-corrected chi connectivity index (χ3v) is 8.20. The van der Waals surface area contributed by atoms with E-state index in [9.17, 15) is 9.59 Å². The van der Waals surface area contributed by atoms with Crippen molar-refractivity contribution in [3.8, 4) is 0 Å². The number of nitrogens with one attached hydrogen (secondary N) is 1. The zero-order valence-electron chi connectivity index (χ0n) is 15.2. The Hall–Kier alpha value is -1.50. The molecule has 5 fully saturated rings. The van der Waals surface area contributed by atoms with Crippen LogP contribution in [0.5, 0.6) is 0 Å². The fraction of sp³-hybridized carbons (Fsp3) is 0.789. The van der Waals surface area contributed by atoms with Gasteiger partial charge in [-0.3, -0.25) is 9.59 Å². The van der Waals surface area contributed by atoms with Gasteiger partial charge in [0.1, 0.15) is 5.01 Å². The van der Waals surface area contributed by atoms with Crippen molar-refractivity contribution < 1.29 is 9.59 Å². The van der Waals surface area contributed by atoms with Crippen LogP contribution in [-0.4, -0.2) is 40.0 Å². The number of likely N-dealkylation sites (tertiary alicyclic amines) is 1. The maximum absolute atomic E-state index is 12.5. The van der Waals surface area contributed by atoms with Crippen LogP contribution in [0.3, 0.4) is 0 Å². The van der Waals surface area contributed by atoms with Gasteiger partial charge in [0.25, 0.3) is 0 Å². The summed E-state index contributed by atoms with van der Waals surface area (Å²) in [5, 5.41) is 13.4. The van der Waals surface area contributed by atoms with E-state index in [0.717, 1.165) is 22.8 Å². The SMILES string of the molecule is CCN1CC(C(=O)Nc2nnc(C34CC5CC(CC(C5)C3)C4)s2)CC1=O. The minimum Gasteiger partial charge on any atom is -0.342 e. The van der Waals surface area contributed by atoms with Gasteiger partial charge in [-0.1, -0.05) is 11.3 Å². The first-order valence-corrected chi connectivity index (χ1v) is 10.8. The first-order chi connectivity index (χ1) is 12.5. The predicted molar refractivity (Wildman–Crippen MR) is 98.7 cm³/mol. The zero-order chi connectivity index (χ0) is 17.9. The predicted octanol–water partition coefficient (Wildman–Crippen LogP) is 2.81. The Morgan fingerprint density at radius 2 is 1.85 bits per heavy atom. The first-order valence-electron chi connectivity index (χ1n) is 9.97. The lowest BCUT2D eigenvalue weighted by molar-refractivity contribution is -0.128. The van der Waals surface area contributed by atoms with Gasteiger partial charge in [0, 0.05) is 24.9 Å². The third-order valence-electron chi connectivity index (χ3n) is 7.11. The van der Waals surface area contributed by atoms with Crippen molar-refractivity contribution in [3.63, 3.8) is 0 Å². The van der Waals surface area contributed by atoms with Crippen molar-refractivity contribution in [2.24, 2.45) is 23.7 Å². The number of hydrogen-bond acceptors (Lipinski definition) is 5. The summed E-state index contributed by atoms with van der Waals surface area (Å²) in [5.41, 5.74) is 0.220. The second-order valence-electron chi connectivity index (χ2n) is 8.93. The molecule has 6 rings (SSSR count). The van der Waals surface area contributed by atoms with Crippen molar-refractivity contribution in [2.75, 3.05) is 18.4 Å². The second kappa shape index (κ2) is 6.01. The summed E-state index contributed by atoms with van der Waals surface area (Å²) in [7, 11) is 0. The molecule has 1 saturated heterocycles. The molecular weight excluding hydrogens is 348 g/mol. The Morgan fingerprint density at radius 3 is 2.42 bits per heavy atom. The molecule has 26 heavy (non-hydrogen) atoms. The van der Waals surface area contributed by atoms with Crippen LogP contribution in [0.2, 0.25) is 0 Å². The Morgan fingerprint density at radius 1 is 1.19 bits per heavy atom. The van der Waals surface area contributed by atoms with E-state index in [1.165, 1.54) is 38.5 Å². The van der Waals surface area contributed by atoms with Crippen LogP contribution in [0.25, 0.3) is 0 Å². The largest absolute Gasteiger partial charge is 0.342 e. The Bertz CT molecular complexity index is 710. The van der Waals surface area contributed by atoms with Crippen LogP contribution in [0.1, 0.15) is 56.9 Å². The van der Waals surface area contributed by atoms with Crippen molar-refractivity contribution >= 4 is 28.3 Å². The molecule has 0 aromatic carbocycles. The summed E-state index contributed by atoms with van der Waals surface area (Å²) in [6.45, 7) is 3.13. The smallest absolute Gasteiger partial charge is 0.231 e. The molecule has 4 aliphatic carbocycles. The lowest BCUT2D eigenvalue weighted by Crippen LogP contribution is -2.48. The Balaban J connectivity index is 1.29. The van der Waals surface area contributed by atoms with Gasteiger partial charge < -0.3 is 10.2 Å². The number of carbonyl (C=O) groups is 2. The van der Waals surface area contributed by atoms with E-state index in [1.54, 1.807) is 16.2 Å². The van der Waals surface area contributed by atoms with Gasteiger partial charge in [-0.15, -0.1) is 10.2 Å². The molecule has 1 aromatic heterocycles. The zero-order valence-corrected chi connectivity index (χ0v) is 16.1. The van der Waals surface area contributed by atoms with Crippen LogP contribution in [0, 0.1) is 23.7 Å². The monoisotopic (exact) mass is 374 g/mol. The molecule has 1 N–H and O–H groups in total. The normalized spacial score (nSPS) is 38.2. The highest BCUT2D eigenvalue weighted by atomic mass is 32.1. The number of amides is 2. The topological polar surface area (TPSA) is 75.2 Å². The van der Waals surface area contributed by atoms with E-state index in [-0.39, 0.29) is 23.1 Å². The summed E-state index contributed by atoms with van der Waals surface area (Å²) >= 11 is 1.56. The average Bonchev–Trinajstić information content (AvgIpc) is 3.20. The molecule has 4 bridgehead atoms. The van der Waals surface area contributed by atoms with Gasteiger partial charge >= 0.3 is 0 Å². The summed E-state index contributed by atoms with van der Waals surface area (Å²) in [6.07, 6.45) is 8.29. The molecular formula is C19H26N4O2S. The highest BCUT2D eigenvalue weighted by Crippen LogP contribution is 2.61. The van der Waals surface area contributed by atoms with Crippen LogP contribution in [-0.2, 0) is 15.0 Å². The van der Waals surface area contributed by atoms with Crippen molar-refractivity contribution in [1.29, 1.82) is 0 Å². The van der Waals surface area contributed by atoms with Crippen molar-refractivity contribution in [2.45, 2.75) is 57.3 Å². The fourth-order valence-corrected chi connectivity index (χ4v) is 7.29. The van der Waals surface area contributed by atoms with Crippen LogP contribution >= 0.6 is 11.3 Å². The molecule has 1 aliphatic heterocycles. The molecule has 140 valence electrons. The maximum Gasteiger partial charge on any atom is 0.231 e. The number of carbonyl (C=O) groups excluding carboxylic acids is 2. The van der Waals surface area contributed by atoms with E-state index in [4.69, 9.17) is 0 Å².